The molecule has 0 radical (unpaired) electrons. The quantitative estimate of drug-likeness (QED) is 0.784. The van der Waals surface area contributed by atoms with E-state index in [1.165, 1.54) is 24.3 Å². The zero-order valence-electron chi connectivity index (χ0n) is 14.5. The Balaban J connectivity index is 1.83. The highest BCUT2D eigenvalue weighted by Crippen LogP contribution is 2.14. The summed E-state index contributed by atoms with van der Waals surface area (Å²) in [5.74, 6) is -0.805. The van der Waals surface area contributed by atoms with Crippen LogP contribution in [0.25, 0.3) is 0 Å². The molecule has 1 N–H and O–H groups in total. The molecule has 5 nitrogen and oxygen atoms in total. The van der Waals surface area contributed by atoms with Gasteiger partial charge in [-0.3, -0.25) is 9.59 Å². The van der Waals surface area contributed by atoms with Crippen LogP contribution in [-0.2, 0) is 6.54 Å². The van der Waals surface area contributed by atoms with Crippen molar-refractivity contribution < 1.29 is 9.18 Å². The molecule has 0 aliphatic heterocycles. The number of benzene rings is 2. The Labute approximate surface area is 150 Å². The molecule has 1 aromatic heterocycles. The van der Waals surface area contributed by atoms with E-state index in [4.69, 9.17) is 0 Å². The Morgan fingerprint density at radius 1 is 1.08 bits per heavy atom. The van der Waals surface area contributed by atoms with Crippen LogP contribution in [0.5, 0.6) is 0 Å². The molecule has 0 fully saturated rings. The average Bonchev–Trinajstić information content (AvgIpc) is 2.60. The molecule has 0 atom stereocenters. The van der Waals surface area contributed by atoms with Gasteiger partial charge in [0.2, 0.25) is 0 Å². The van der Waals surface area contributed by atoms with Gasteiger partial charge in [-0.2, -0.15) is 5.10 Å². The van der Waals surface area contributed by atoms with Crippen molar-refractivity contribution in [2.45, 2.75) is 20.4 Å². The van der Waals surface area contributed by atoms with E-state index < -0.39 is 5.91 Å². The first-order valence-electron chi connectivity index (χ1n) is 8.13. The standard InChI is InChI=1S/C20H18FN3O2/c1-13-6-7-17(10-14(13)2)22-20(26)18-8-9-19(25)24(23-18)12-15-4-3-5-16(21)11-15/h3-11H,12H2,1-2H3,(H,22,26). The summed E-state index contributed by atoms with van der Waals surface area (Å²) in [5.41, 5.74) is 3.18. The lowest BCUT2D eigenvalue weighted by Crippen LogP contribution is -2.26. The topological polar surface area (TPSA) is 64.0 Å². The zero-order valence-corrected chi connectivity index (χ0v) is 14.5. The minimum absolute atomic E-state index is 0.0847. The predicted molar refractivity (Wildman–Crippen MR) is 97.9 cm³/mol. The van der Waals surface area contributed by atoms with Gasteiger partial charge in [0, 0.05) is 11.8 Å². The number of aromatic nitrogens is 2. The number of hydrogen-bond donors (Lipinski definition) is 1. The van der Waals surface area contributed by atoms with Crippen molar-refractivity contribution in [1.29, 1.82) is 0 Å². The van der Waals surface area contributed by atoms with Crippen molar-refractivity contribution in [3.63, 3.8) is 0 Å². The molecule has 0 aliphatic carbocycles. The van der Waals surface area contributed by atoms with Gasteiger partial charge in [0.15, 0.2) is 0 Å². The third kappa shape index (κ3) is 4.03. The highest BCUT2D eigenvalue weighted by molar-refractivity contribution is 6.02. The maximum atomic E-state index is 13.3. The van der Waals surface area contributed by atoms with Crippen LogP contribution in [0.1, 0.15) is 27.2 Å². The van der Waals surface area contributed by atoms with Crippen LogP contribution in [-0.4, -0.2) is 15.7 Å². The number of anilines is 1. The average molecular weight is 351 g/mol. The summed E-state index contributed by atoms with van der Waals surface area (Å²) >= 11 is 0. The molecule has 3 rings (SSSR count). The molecule has 0 saturated heterocycles. The minimum Gasteiger partial charge on any atom is -0.321 e. The molecule has 3 aromatic rings. The van der Waals surface area contributed by atoms with Crippen LogP contribution in [0.4, 0.5) is 10.1 Å². The van der Waals surface area contributed by atoms with Gasteiger partial charge in [-0.25, -0.2) is 9.07 Å². The van der Waals surface area contributed by atoms with Gasteiger partial charge >= 0.3 is 0 Å². The van der Waals surface area contributed by atoms with Crippen molar-refractivity contribution in [3.05, 3.63) is 93.2 Å². The summed E-state index contributed by atoms with van der Waals surface area (Å²) in [6, 6.07) is 14.2. The molecule has 0 aliphatic rings. The molecule has 1 heterocycles. The number of nitrogens with zero attached hydrogens (tertiary/aromatic N) is 2. The van der Waals surface area contributed by atoms with Crippen LogP contribution < -0.4 is 10.9 Å². The van der Waals surface area contributed by atoms with Crippen LogP contribution in [0.15, 0.2) is 59.4 Å². The van der Waals surface area contributed by atoms with Crippen molar-refractivity contribution in [2.75, 3.05) is 5.32 Å². The zero-order chi connectivity index (χ0) is 18.7. The summed E-state index contributed by atoms with van der Waals surface area (Å²) in [7, 11) is 0. The summed E-state index contributed by atoms with van der Waals surface area (Å²) in [5, 5.41) is 6.87. The number of hydrogen-bond acceptors (Lipinski definition) is 3. The molecule has 0 unspecified atom stereocenters. The number of carbonyl (C=O) groups is 1. The van der Waals surface area contributed by atoms with Crippen molar-refractivity contribution >= 4 is 11.6 Å². The van der Waals surface area contributed by atoms with Gasteiger partial charge in [0.25, 0.3) is 11.5 Å². The third-order valence-electron chi connectivity index (χ3n) is 4.09. The van der Waals surface area contributed by atoms with Crippen LogP contribution in [0.3, 0.4) is 0 Å². The second-order valence-corrected chi connectivity index (χ2v) is 6.10. The van der Waals surface area contributed by atoms with Crippen LogP contribution >= 0.6 is 0 Å². The predicted octanol–water partition coefficient (Wildman–Crippen LogP) is 3.30. The molecule has 2 aromatic carbocycles. The Morgan fingerprint density at radius 3 is 2.62 bits per heavy atom. The SMILES string of the molecule is Cc1ccc(NC(=O)c2ccc(=O)n(Cc3cccc(F)c3)n2)cc1C. The van der Waals surface area contributed by atoms with E-state index >= 15 is 0 Å². The van der Waals surface area contributed by atoms with E-state index in [0.29, 0.717) is 11.3 Å². The maximum absolute atomic E-state index is 13.3. The fourth-order valence-electron chi connectivity index (χ4n) is 2.51. The Morgan fingerprint density at radius 2 is 1.88 bits per heavy atom. The number of halogens is 1. The molecular formula is C20H18FN3O2. The van der Waals surface area contributed by atoms with Gasteiger partial charge in [0.05, 0.1) is 6.54 Å². The highest BCUT2D eigenvalue weighted by atomic mass is 19.1. The summed E-state index contributed by atoms with van der Waals surface area (Å²) < 4.78 is 14.5. The molecule has 6 heteroatoms. The molecule has 1 amide bonds. The van der Waals surface area contributed by atoms with Crippen molar-refractivity contribution in [2.24, 2.45) is 0 Å². The monoisotopic (exact) mass is 351 g/mol. The van der Waals surface area contributed by atoms with Crippen LogP contribution in [0.2, 0.25) is 0 Å². The first-order valence-corrected chi connectivity index (χ1v) is 8.13. The van der Waals surface area contributed by atoms with E-state index in [1.807, 2.05) is 32.0 Å². The summed E-state index contributed by atoms with van der Waals surface area (Å²) in [4.78, 5) is 24.4. The highest BCUT2D eigenvalue weighted by Gasteiger charge is 2.11. The second-order valence-electron chi connectivity index (χ2n) is 6.10. The van der Waals surface area contributed by atoms with Gasteiger partial charge in [-0.05, 0) is 60.9 Å². The lowest BCUT2D eigenvalue weighted by Gasteiger charge is -2.09. The van der Waals surface area contributed by atoms with Crippen LogP contribution in [0, 0.1) is 19.7 Å². The Bertz CT molecular complexity index is 1030. The number of rotatable bonds is 4. The Kier molecular flexibility index (Phi) is 4.93. The van der Waals surface area contributed by atoms with Gasteiger partial charge < -0.3 is 5.32 Å². The van der Waals surface area contributed by atoms with E-state index in [0.717, 1.165) is 15.8 Å². The van der Waals surface area contributed by atoms with Gasteiger partial charge in [-0.1, -0.05) is 18.2 Å². The fraction of sp³-hybridized carbons (Fsp3) is 0.150. The number of aryl methyl sites for hydroxylation is 2. The first-order chi connectivity index (χ1) is 12.4. The fourth-order valence-corrected chi connectivity index (χ4v) is 2.51. The summed E-state index contributed by atoms with van der Waals surface area (Å²) in [6.45, 7) is 4.04. The first kappa shape index (κ1) is 17.5. The molecule has 26 heavy (non-hydrogen) atoms. The lowest BCUT2D eigenvalue weighted by molar-refractivity contribution is 0.102. The maximum Gasteiger partial charge on any atom is 0.276 e. The minimum atomic E-state index is -0.416. The van der Waals surface area contributed by atoms with E-state index in [9.17, 15) is 14.0 Å². The second kappa shape index (κ2) is 7.31. The molecule has 0 bridgehead atoms. The third-order valence-corrected chi connectivity index (χ3v) is 4.09. The van der Waals surface area contributed by atoms with Crippen molar-refractivity contribution in [3.8, 4) is 0 Å². The summed E-state index contributed by atoms with van der Waals surface area (Å²) in [6.07, 6.45) is 0. The van der Waals surface area contributed by atoms with Gasteiger partial charge in [0.1, 0.15) is 11.5 Å². The van der Waals surface area contributed by atoms with Gasteiger partial charge in [-0.15, -0.1) is 0 Å². The van der Waals surface area contributed by atoms with E-state index in [1.54, 1.807) is 12.1 Å². The largest absolute Gasteiger partial charge is 0.321 e. The van der Waals surface area contributed by atoms with Crippen molar-refractivity contribution in [1.82, 2.24) is 9.78 Å². The molecule has 132 valence electrons. The Hall–Kier alpha value is -3.28. The normalized spacial score (nSPS) is 10.6. The number of amides is 1. The molecular weight excluding hydrogens is 333 g/mol. The lowest BCUT2D eigenvalue weighted by atomic mass is 10.1. The van der Waals surface area contributed by atoms with E-state index in [2.05, 4.69) is 10.4 Å². The number of nitrogens with one attached hydrogen (secondary N) is 1. The molecule has 0 saturated carbocycles. The smallest absolute Gasteiger partial charge is 0.276 e. The number of carbonyl (C=O) groups excluding carboxylic acids is 1. The van der Waals surface area contributed by atoms with E-state index in [-0.39, 0.29) is 23.6 Å². The molecule has 0 spiro atoms.